The van der Waals surface area contributed by atoms with Crippen molar-refractivity contribution in [2.24, 2.45) is 0 Å². The lowest BCUT2D eigenvalue weighted by atomic mass is 10.2. The third kappa shape index (κ3) is 8.72. The zero-order valence-corrected chi connectivity index (χ0v) is 11.5. The molecular weight excluding hydrogens is 202 g/mol. The van der Waals surface area contributed by atoms with E-state index in [1.165, 1.54) is 56.3 Å². The molecule has 0 rings (SSSR count). The predicted molar refractivity (Wildman–Crippen MR) is 69.6 cm³/mol. The molecule has 0 atom stereocenters. The van der Waals surface area contributed by atoms with E-state index in [0.29, 0.717) is 0 Å². The molecule has 0 aromatic rings. The van der Waals surface area contributed by atoms with Gasteiger partial charge in [-0.05, 0) is 25.7 Å². The van der Waals surface area contributed by atoms with Gasteiger partial charge in [0.2, 0.25) is 0 Å². The molecule has 0 heterocycles. The molecule has 0 aliphatic heterocycles. The highest BCUT2D eigenvalue weighted by molar-refractivity contribution is 5.32. The second-order valence-corrected chi connectivity index (χ2v) is 4.34. The Kier molecular flexibility index (Phi) is 13.9. The third-order valence-electron chi connectivity index (χ3n) is 2.79. The Bertz CT molecular complexity index is 119. The van der Waals surface area contributed by atoms with Crippen LogP contribution in [0.5, 0.6) is 0 Å². The largest absolute Gasteiger partial charge is 0.483 e. The smallest absolute Gasteiger partial charge is 0.290 e. The van der Waals surface area contributed by atoms with Crippen LogP contribution in [-0.4, -0.2) is 42.2 Å². The van der Waals surface area contributed by atoms with E-state index in [4.69, 9.17) is 9.90 Å². The molecule has 98 valence electrons. The molecule has 3 nitrogen and oxygen atoms in total. The highest BCUT2D eigenvalue weighted by atomic mass is 16.3. The van der Waals surface area contributed by atoms with E-state index in [9.17, 15) is 0 Å². The summed E-state index contributed by atoms with van der Waals surface area (Å²) in [6, 6.07) is 0. The van der Waals surface area contributed by atoms with Crippen molar-refractivity contribution in [1.29, 1.82) is 0 Å². The Morgan fingerprint density at radius 1 is 0.812 bits per heavy atom. The molecule has 0 unspecified atom stereocenters. The van der Waals surface area contributed by atoms with Crippen molar-refractivity contribution in [1.82, 2.24) is 0 Å². The first-order valence-electron chi connectivity index (χ1n) is 6.59. The molecule has 16 heavy (non-hydrogen) atoms. The van der Waals surface area contributed by atoms with Gasteiger partial charge in [-0.2, -0.15) is 0 Å². The molecular formula is C13H30NO2+. The molecule has 0 aliphatic carbocycles. The van der Waals surface area contributed by atoms with Gasteiger partial charge in [-0.1, -0.05) is 27.7 Å². The average Bonchev–Trinajstić information content (AvgIpc) is 2.20. The molecule has 0 aromatic carbocycles. The molecule has 0 aliphatic rings. The van der Waals surface area contributed by atoms with Gasteiger partial charge in [-0.25, -0.2) is 0 Å². The van der Waals surface area contributed by atoms with E-state index in [1.54, 1.807) is 0 Å². The van der Waals surface area contributed by atoms with E-state index in [0.717, 1.165) is 0 Å². The molecule has 0 radical (unpaired) electrons. The number of rotatable bonds is 8. The van der Waals surface area contributed by atoms with Gasteiger partial charge >= 0.3 is 0 Å². The van der Waals surface area contributed by atoms with Crippen molar-refractivity contribution in [3.63, 3.8) is 0 Å². The predicted octanol–water partition coefficient (Wildman–Crippen LogP) is 3.14. The molecule has 0 bridgehead atoms. The van der Waals surface area contributed by atoms with Crippen LogP contribution < -0.4 is 0 Å². The summed E-state index contributed by atoms with van der Waals surface area (Å²) in [5.41, 5.74) is 0. The first-order valence-corrected chi connectivity index (χ1v) is 6.59. The molecule has 0 saturated heterocycles. The van der Waals surface area contributed by atoms with Crippen molar-refractivity contribution in [2.45, 2.75) is 53.4 Å². The van der Waals surface area contributed by atoms with Crippen LogP contribution in [0, 0.1) is 0 Å². The Morgan fingerprint density at radius 3 is 1.12 bits per heavy atom. The van der Waals surface area contributed by atoms with Crippen LogP contribution in [0.25, 0.3) is 0 Å². The van der Waals surface area contributed by atoms with E-state index in [-0.39, 0.29) is 6.47 Å². The fraction of sp³-hybridized carbons (Fsp3) is 0.923. The van der Waals surface area contributed by atoms with E-state index >= 15 is 0 Å². The lowest BCUT2D eigenvalue weighted by Gasteiger charge is -2.38. The van der Waals surface area contributed by atoms with Crippen LogP contribution in [0.2, 0.25) is 0 Å². The summed E-state index contributed by atoms with van der Waals surface area (Å²) in [5, 5.41) is 6.89. The van der Waals surface area contributed by atoms with Gasteiger partial charge in [0.25, 0.3) is 6.47 Å². The maximum Gasteiger partial charge on any atom is 0.290 e. The van der Waals surface area contributed by atoms with Crippen molar-refractivity contribution < 1.29 is 14.4 Å². The van der Waals surface area contributed by atoms with Crippen LogP contribution in [0.1, 0.15) is 53.4 Å². The van der Waals surface area contributed by atoms with Crippen LogP contribution in [0.4, 0.5) is 0 Å². The minimum absolute atomic E-state index is 0.250. The second kappa shape index (κ2) is 12.5. The van der Waals surface area contributed by atoms with E-state index < -0.39 is 0 Å². The number of carboxylic acid groups (broad SMARTS) is 1. The lowest BCUT2D eigenvalue weighted by molar-refractivity contribution is -0.928. The zero-order chi connectivity index (χ0) is 12.9. The fourth-order valence-corrected chi connectivity index (χ4v) is 2.57. The van der Waals surface area contributed by atoms with Crippen molar-refractivity contribution in [3.8, 4) is 0 Å². The maximum absolute atomic E-state index is 8.36. The summed E-state index contributed by atoms with van der Waals surface area (Å²) in [6.07, 6.45) is 5.33. The minimum atomic E-state index is -0.250. The highest BCUT2D eigenvalue weighted by Gasteiger charge is 2.22. The summed E-state index contributed by atoms with van der Waals surface area (Å²) in [6.45, 7) is 14.5. The SMILES string of the molecule is CCC[N+](CCC)(CCC)CCC.O=CO. The van der Waals surface area contributed by atoms with E-state index in [1.807, 2.05) is 0 Å². The Labute approximate surface area is 101 Å². The monoisotopic (exact) mass is 232 g/mol. The highest BCUT2D eigenvalue weighted by Crippen LogP contribution is 2.12. The van der Waals surface area contributed by atoms with Gasteiger partial charge in [0.15, 0.2) is 0 Å². The van der Waals surface area contributed by atoms with Gasteiger partial charge in [0.1, 0.15) is 0 Å². The molecule has 0 amide bonds. The first kappa shape index (κ1) is 17.8. The fourth-order valence-electron chi connectivity index (χ4n) is 2.57. The number of hydrogen-bond donors (Lipinski definition) is 1. The summed E-state index contributed by atoms with van der Waals surface area (Å²) in [5.74, 6) is 0. The van der Waals surface area contributed by atoms with Crippen molar-refractivity contribution in [3.05, 3.63) is 0 Å². The Morgan fingerprint density at radius 2 is 1.00 bits per heavy atom. The lowest BCUT2D eigenvalue weighted by Crippen LogP contribution is -2.50. The zero-order valence-electron chi connectivity index (χ0n) is 11.5. The normalized spacial score (nSPS) is 10.5. The second-order valence-electron chi connectivity index (χ2n) is 4.34. The first-order chi connectivity index (χ1) is 7.66. The molecule has 0 saturated carbocycles. The van der Waals surface area contributed by atoms with Crippen LogP contribution in [0.15, 0.2) is 0 Å². The molecule has 3 heteroatoms. The van der Waals surface area contributed by atoms with Gasteiger partial charge in [0, 0.05) is 0 Å². The summed E-state index contributed by atoms with van der Waals surface area (Å²) < 4.78 is 1.38. The van der Waals surface area contributed by atoms with Crippen molar-refractivity contribution in [2.75, 3.05) is 26.2 Å². The van der Waals surface area contributed by atoms with Crippen LogP contribution >= 0.6 is 0 Å². The quantitative estimate of drug-likeness (QED) is 0.515. The minimum Gasteiger partial charge on any atom is -0.483 e. The average molecular weight is 232 g/mol. The summed E-state index contributed by atoms with van der Waals surface area (Å²) in [4.78, 5) is 8.36. The number of hydrogen-bond acceptors (Lipinski definition) is 1. The molecule has 0 fully saturated rings. The Hall–Kier alpha value is -0.570. The van der Waals surface area contributed by atoms with Gasteiger partial charge in [-0.15, -0.1) is 0 Å². The van der Waals surface area contributed by atoms with Gasteiger partial charge in [0.05, 0.1) is 26.2 Å². The van der Waals surface area contributed by atoms with Gasteiger partial charge < -0.3 is 9.59 Å². The number of carbonyl (C=O) groups is 1. The topological polar surface area (TPSA) is 37.3 Å². The van der Waals surface area contributed by atoms with E-state index in [2.05, 4.69) is 27.7 Å². The standard InChI is InChI=1S/C12H28N.CH2O2/c1-5-9-13(10-6-2,11-7-3)12-8-4;2-1-3/h5-12H2,1-4H3;1H,(H,2,3)/q+1;. The Balaban J connectivity index is 0. The van der Waals surface area contributed by atoms with Crippen LogP contribution in [-0.2, 0) is 4.79 Å². The summed E-state index contributed by atoms with van der Waals surface area (Å²) >= 11 is 0. The molecule has 0 spiro atoms. The molecule has 1 N–H and O–H groups in total. The summed E-state index contributed by atoms with van der Waals surface area (Å²) in [7, 11) is 0. The number of quaternary nitrogens is 1. The van der Waals surface area contributed by atoms with Gasteiger partial charge in [-0.3, -0.25) is 4.79 Å². The van der Waals surface area contributed by atoms with Crippen LogP contribution in [0.3, 0.4) is 0 Å². The van der Waals surface area contributed by atoms with Crippen molar-refractivity contribution >= 4 is 6.47 Å². The maximum atomic E-state index is 8.36. The number of nitrogens with zero attached hydrogens (tertiary/aromatic N) is 1. The molecule has 0 aromatic heterocycles. The third-order valence-corrected chi connectivity index (χ3v) is 2.79.